The Kier molecular flexibility index (Phi) is 10.5. The van der Waals surface area contributed by atoms with Gasteiger partial charge >= 0.3 is 35.9 Å². The maximum absolute atomic E-state index is 13.7. The lowest BCUT2D eigenvalue weighted by Crippen LogP contribution is -2.43. The van der Waals surface area contributed by atoms with Gasteiger partial charge in [0.25, 0.3) is 0 Å². The van der Waals surface area contributed by atoms with Gasteiger partial charge in [-0.15, -0.1) is 0 Å². The second-order valence-electron chi connectivity index (χ2n) is 10.7. The van der Waals surface area contributed by atoms with E-state index in [1.54, 1.807) is 20.8 Å². The summed E-state index contributed by atoms with van der Waals surface area (Å²) in [6, 6.07) is 4.71. The number of benzene rings is 2. The Bertz CT molecular complexity index is 1800. The first-order valence-electron chi connectivity index (χ1n) is 13.6. The van der Waals surface area contributed by atoms with E-state index in [0.29, 0.717) is 0 Å². The van der Waals surface area contributed by atoms with Crippen LogP contribution in [-0.4, -0.2) is 47.6 Å². The zero-order valence-corrected chi connectivity index (χ0v) is 26.2. The number of nitrogens with one attached hydrogen (secondary N) is 1. The molecular formula is C31H31NO14. The third-order valence-corrected chi connectivity index (χ3v) is 5.41. The molecule has 15 heteroatoms. The molecule has 1 N–H and O–H groups in total. The van der Waals surface area contributed by atoms with Crippen LogP contribution in [0.15, 0.2) is 39.5 Å². The van der Waals surface area contributed by atoms with Gasteiger partial charge in [-0.05, 0) is 45.9 Å². The fourth-order valence-electron chi connectivity index (χ4n) is 3.84. The molecule has 1 aromatic heterocycles. The van der Waals surface area contributed by atoms with E-state index in [2.05, 4.69) is 5.32 Å². The van der Waals surface area contributed by atoms with Crippen LogP contribution in [0, 0.1) is 0 Å². The minimum Gasteiger partial charge on any atom is -0.452 e. The smallest absolute Gasteiger partial charge is 0.408 e. The molecule has 0 aliphatic rings. The Morgan fingerprint density at radius 2 is 1.33 bits per heavy atom. The van der Waals surface area contributed by atoms with Crippen molar-refractivity contribution in [3.63, 3.8) is 0 Å². The normalized spacial score (nSPS) is 11.6. The van der Waals surface area contributed by atoms with E-state index in [4.69, 9.17) is 32.8 Å². The Morgan fingerprint density at radius 3 is 1.89 bits per heavy atom. The molecular weight excluding hydrogens is 610 g/mol. The van der Waals surface area contributed by atoms with Crippen LogP contribution in [0.5, 0.6) is 28.7 Å². The van der Waals surface area contributed by atoms with Crippen molar-refractivity contribution in [2.24, 2.45) is 0 Å². The van der Waals surface area contributed by atoms with Gasteiger partial charge in [-0.25, -0.2) is 9.59 Å². The van der Waals surface area contributed by atoms with Crippen molar-refractivity contribution in [2.75, 3.05) is 0 Å². The van der Waals surface area contributed by atoms with Gasteiger partial charge in [0.2, 0.25) is 11.2 Å². The molecule has 0 saturated heterocycles. The number of alkyl carbamates (subject to hydrolysis) is 1. The number of carbonyl (C=O) groups excluding carboxylic acids is 6. The Labute approximate surface area is 261 Å². The van der Waals surface area contributed by atoms with E-state index in [1.165, 1.54) is 25.1 Å². The number of ether oxygens (including phenoxy) is 6. The number of hydrogen-bond donors (Lipinski definition) is 1. The van der Waals surface area contributed by atoms with Crippen LogP contribution in [0.25, 0.3) is 22.3 Å². The number of fused-ring (bicyclic) bond motifs is 1. The predicted molar refractivity (Wildman–Crippen MR) is 158 cm³/mol. The van der Waals surface area contributed by atoms with Crippen LogP contribution in [0.2, 0.25) is 0 Å². The van der Waals surface area contributed by atoms with Crippen molar-refractivity contribution in [3.8, 4) is 40.1 Å². The van der Waals surface area contributed by atoms with E-state index < -0.39 is 58.8 Å². The summed E-state index contributed by atoms with van der Waals surface area (Å²) in [6.45, 7) is 10.6. The van der Waals surface area contributed by atoms with Crippen molar-refractivity contribution in [3.05, 3.63) is 40.6 Å². The molecule has 46 heavy (non-hydrogen) atoms. The highest BCUT2D eigenvalue weighted by molar-refractivity contribution is 5.92. The molecule has 0 saturated carbocycles. The van der Waals surface area contributed by atoms with Crippen molar-refractivity contribution in [1.82, 2.24) is 5.32 Å². The van der Waals surface area contributed by atoms with Gasteiger partial charge in [0, 0.05) is 45.4 Å². The summed E-state index contributed by atoms with van der Waals surface area (Å²) in [4.78, 5) is 86.1. The van der Waals surface area contributed by atoms with E-state index in [0.717, 1.165) is 39.8 Å². The van der Waals surface area contributed by atoms with E-state index in [-0.39, 0.29) is 45.3 Å². The van der Waals surface area contributed by atoms with Crippen LogP contribution in [-0.2, 0) is 28.7 Å². The second kappa shape index (κ2) is 13.9. The summed E-state index contributed by atoms with van der Waals surface area (Å²) in [7, 11) is 0. The van der Waals surface area contributed by atoms with Crippen molar-refractivity contribution >= 4 is 46.9 Å². The molecule has 0 radical (unpaired) electrons. The highest BCUT2D eigenvalue weighted by Gasteiger charge is 2.27. The molecule has 244 valence electrons. The van der Waals surface area contributed by atoms with Gasteiger partial charge in [0.1, 0.15) is 34.1 Å². The summed E-state index contributed by atoms with van der Waals surface area (Å²) in [5, 5.41) is 2.00. The number of carbonyl (C=O) groups is 6. The van der Waals surface area contributed by atoms with Crippen LogP contribution in [0.1, 0.15) is 55.4 Å². The van der Waals surface area contributed by atoms with Gasteiger partial charge < -0.3 is 38.2 Å². The molecule has 0 aliphatic heterocycles. The largest absolute Gasteiger partial charge is 0.452 e. The highest BCUT2D eigenvalue weighted by Crippen LogP contribution is 2.40. The highest BCUT2D eigenvalue weighted by atomic mass is 16.6. The third kappa shape index (κ3) is 9.14. The molecule has 1 amide bonds. The maximum atomic E-state index is 13.7. The molecule has 0 bridgehead atoms. The molecule has 0 spiro atoms. The molecule has 1 atom stereocenters. The van der Waals surface area contributed by atoms with Crippen molar-refractivity contribution in [2.45, 2.75) is 67.0 Å². The fraction of sp³-hybridized carbons (Fsp3) is 0.323. The summed E-state index contributed by atoms with van der Waals surface area (Å²) >= 11 is 0. The maximum Gasteiger partial charge on any atom is 0.408 e. The number of hydrogen-bond acceptors (Lipinski definition) is 14. The molecule has 15 nitrogen and oxygen atoms in total. The molecule has 2 aromatic carbocycles. The molecule has 3 aromatic rings. The van der Waals surface area contributed by atoms with Crippen LogP contribution < -0.4 is 34.4 Å². The molecule has 0 fully saturated rings. The monoisotopic (exact) mass is 641 g/mol. The third-order valence-electron chi connectivity index (χ3n) is 5.41. The van der Waals surface area contributed by atoms with E-state index >= 15 is 0 Å². The summed E-state index contributed by atoms with van der Waals surface area (Å²) in [6.07, 6.45) is -0.892. The summed E-state index contributed by atoms with van der Waals surface area (Å²) in [5.74, 6) is -6.27. The molecule has 0 aliphatic carbocycles. The van der Waals surface area contributed by atoms with Gasteiger partial charge in [0.15, 0.2) is 17.3 Å². The number of rotatable bonds is 8. The molecule has 3 rings (SSSR count). The van der Waals surface area contributed by atoms with Gasteiger partial charge in [-0.2, -0.15) is 0 Å². The minimum atomic E-state index is -1.24. The first kappa shape index (κ1) is 34.8. The zero-order valence-electron chi connectivity index (χ0n) is 26.2. The number of amides is 1. The van der Waals surface area contributed by atoms with Crippen LogP contribution in [0.4, 0.5) is 4.79 Å². The minimum absolute atomic E-state index is 0.0198. The predicted octanol–water partition coefficient (Wildman–Crippen LogP) is 3.98. The SMILES string of the molecule is CC(=O)Oc1cc(OC(C)=O)c2c(=O)c(OC(C)=O)c(-c3ccc(OC(C)=O)c(OC(=O)[C@@H](C)NC(=O)OC(C)(C)C)c3)oc2c1. The Hall–Kier alpha value is -5.73. The van der Waals surface area contributed by atoms with Gasteiger partial charge in [0.05, 0.1) is 0 Å². The molecule has 1 heterocycles. The Balaban J connectivity index is 2.21. The standard InChI is InChI=1S/C31H31NO14/c1-14(32-30(39)46-31(6,7)8)29(38)45-22-11-19(9-10-21(22)41-16(3)34)27-28(43-18(5)36)26(37)25-23(42-17(4)35)12-20(40-15(2)33)13-24(25)44-27/h9-14H,1-8H3,(H,32,39)/t14-/m1/s1. The first-order chi connectivity index (χ1) is 21.3. The van der Waals surface area contributed by atoms with E-state index in [1.807, 2.05) is 0 Å². The van der Waals surface area contributed by atoms with Crippen LogP contribution in [0.3, 0.4) is 0 Å². The van der Waals surface area contributed by atoms with Crippen molar-refractivity contribution < 1.29 is 61.6 Å². The zero-order chi connectivity index (χ0) is 34.5. The fourth-order valence-corrected chi connectivity index (χ4v) is 3.84. The van der Waals surface area contributed by atoms with Crippen molar-refractivity contribution in [1.29, 1.82) is 0 Å². The number of esters is 5. The second-order valence-corrected chi connectivity index (χ2v) is 10.7. The quantitative estimate of drug-likeness (QED) is 0.273. The summed E-state index contributed by atoms with van der Waals surface area (Å²) in [5.41, 5.74) is -2.06. The van der Waals surface area contributed by atoms with Gasteiger partial charge in [-0.1, -0.05) is 0 Å². The average molecular weight is 642 g/mol. The van der Waals surface area contributed by atoms with Gasteiger partial charge in [-0.3, -0.25) is 24.0 Å². The van der Waals surface area contributed by atoms with Crippen LogP contribution >= 0.6 is 0 Å². The lowest BCUT2D eigenvalue weighted by atomic mass is 10.1. The topological polar surface area (TPSA) is 200 Å². The molecule has 0 unspecified atom stereocenters. The van der Waals surface area contributed by atoms with E-state index in [9.17, 15) is 33.6 Å². The first-order valence-corrected chi connectivity index (χ1v) is 13.6. The Morgan fingerprint density at radius 1 is 0.739 bits per heavy atom. The lowest BCUT2D eigenvalue weighted by molar-refractivity contribution is -0.137. The summed E-state index contributed by atoms with van der Waals surface area (Å²) < 4.78 is 37.1. The average Bonchev–Trinajstić information content (AvgIpc) is 2.88. The lowest BCUT2D eigenvalue weighted by Gasteiger charge is -2.21.